The Hall–Kier alpha value is -0.810. The maximum atomic E-state index is 12.0. The van der Waals surface area contributed by atoms with E-state index in [1.54, 1.807) is 0 Å². The van der Waals surface area contributed by atoms with E-state index < -0.39 is 43.4 Å². The molecule has 0 aromatic heterocycles. The molecule has 39 heavy (non-hydrogen) atoms. The van der Waals surface area contributed by atoms with Gasteiger partial charge in [0.15, 0.2) is 6.29 Å². The normalized spacial score (nSPS) is 24.1. The molecule has 1 rings (SSSR count). The largest absolute Gasteiger partial charge is 0.457 e. The number of hydrogen-bond acceptors (Lipinski definition) is 9. The van der Waals surface area contributed by atoms with E-state index in [-0.39, 0.29) is 25.6 Å². The molecule has 232 valence electrons. The fraction of sp³-hybridized carbons (Fsp3) is 0.967. The molecule has 6 atom stereocenters. The minimum atomic E-state index is -1.52. The minimum absolute atomic E-state index is 0.114. The van der Waals surface area contributed by atoms with Crippen molar-refractivity contribution in [3.8, 4) is 0 Å². The van der Waals surface area contributed by atoms with E-state index in [0.717, 1.165) is 12.8 Å². The highest BCUT2D eigenvalue weighted by Crippen LogP contribution is 2.22. The molecule has 0 aliphatic carbocycles. The standard InChI is InChI=1S/C30H58O9/c1-3-5-6-7-8-9-10-11-12-13-14-15-16-17-18-20-36-22-24(38-26(32)19-4-2)23-37-30-29(35)28(34)27(33)25(21-31)39-30/h24-25,27-31,33-35H,3-23H2,1-2H3. The molecule has 1 heterocycles. The third kappa shape index (κ3) is 16.9. The van der Waals surface area contributed by atoms with Gasteiger partial charge in [0.1, 0.15) is 30.5 Å². The number of unbranched alkanes of at least 4 members (excludes halogenated alkanes) is 14. The van der Waals surface area contributed by atoms with Crippen LogP contribution in [0.3, 0.4) is 0 Å². The van der Waals surface area contributed by atoms with Gasteiger partial charge >= 0.3 is 5.97 Å². The zero-order chi connectivity index (χ0) is 28.7. The van der Waals surface area contributed by atoms with Crippen molar-refractivity contribution in [2.24, 2.45) is 0 Å². The molecule has 0 bridgehead atoms. The summed E-state index contributed by atoms with van der Waals surface area (Å²) in [5.74, 6) is -0.365. The third-order valence-corrected chi connectivity index (χ3v) is 7.24. The van der Waals surface area contributed by atoms with Crippen LogP contribution in [0.2, 0.25) is 0 Å². The summed E-state index contributed by atoms with van der Waals surface area (Å²) in [6.45, 7) is 4.19. The van der Waals surface area contributed by atoms with Gasteiger partial charge in [-0.3, -0.25) is 4.79 Å². The molecule has 9 heteroatoms. The average Bonchev–Trinajstić information content (AvgIpc) is 2.93. The number of hydrogen-bond donors (Lipinski definition) is 4. The van der Waals surface area contributed by atoms with E-state index >= 15 is 0 Å². The van der Waals surface area contributed by atoms with Crippen molar-refractivity contribution >= 4 is 5.97 Å². The number of carbonyl (C=O) groups is 1. The van der Waals surface area contributed by atoms with Crippen molar-refractivity contribution in [2.45, 2.75) is 160 Å². The summed E-state index contributed by atoms with van der Waals surface area (Å²) in [6.07, 6.45) is 12.9. The molecule has 0 saturated carbocycles. The van der Waals surface area contributed by atoms with Gasteiger partial charge in [-0.2, -0.15) is 0 Å². The van der Waals surface area contributed by atoms with Crippen LogP contribution in [-0.4, -0.2) is 89.6 Å². The van der Waals surface area contributed by atoms with E-state index in [0.29, 0.717) is 13.0 Å². The maximum absolute atomic E-state index is 12.0. The van der Waals surface area contributed by atoms with Gasteiger partial charge in [0.2, 0.25) is 0 Å². The summed E-state index contributed by atoms with van der Waals surface area (Å²) in [5, 5.41) is 39.3. The minimum Gasteiger partial charge on any atom is -0.457 e. The highest BCUT2D eigenvalue weighted by molar-refractivity contribution is 5.69. The molecule has 1 aliphatic rings. The average molecular weight is 563 g/mol. The first kappa shape index (κ1) is 36.2. The highest BCUT2D eigenvalue weighted by atomic mass is 16.7. The lowest BCUT2D eigenvalue weighted by Crippen LogP contribution is -2.59. The van der Waals surface area contributed by atoms with Gasteiger partial charge in [-0.25, -0.2) is 0 Å². The molecule has 1 fully saturated rings. The van der Waals surface area contributed by atoms with Crippen molar-refractivity contribution in [3.05, 3.63) is 0 Å². The molecule has 6 unspecified atom stereocenters. The lowest BCUT2D eigenvalue weighted by Gasteiger charge is -2.39. The van der Waals surface area contributed by atoms with Crippen LogP contribution >= 0.6 is 0 Å². The number of rotatable bonds is 25. The molecule has 9 nitrogen and oxygen atoms in total. The van der Waals surface area contributed by atoms with Gasteiger partial charge in [-0.05, 0) is 12.8 Å². The smallest absolute Gasteiger partial charge is 0.306 e. The summed E-state index contributed by atoms with van der Waals surface area (Å²) >= 11 is 0. The Morgan fingerprint density at radius 1 is 0.718 bits per heavy atom. The molecule has 0 aromatic carbocycles. The van der Waals surface area contributed by atoms with Crippen LogP contribution in [0.5, 0.6) is 0 Å². The molecule has 0 spiro atoms. The van der Waals surface area contributed by atoms with Crippen LogP contribution < -0.4 is 0 Å². The predicted octanol–water partition coefficient (Wildman–Crippen LogP) is 4.40. The quantitative estimate of drug-likeness (QED) is 0.0943. The summed E-state index contributed by atoms with van der Waals surface area (Å²) in [6, 6.07) is 0. The van der Waals surface area contributed by atoms with E-state index in [9.17, 15) is 25.2 Å². The van der Waals surface area contributed by atoms with Crippen LogP contribution in [0.25, 0.3) is 0 Å². The van der Waals surface area contributed by atoms with Gasteiger partial charge < -0.3 is 39.4 Å². The Balaban J connectivity index is 2.15. The summed E-state index contributed by atoms with van der Waals surface area (Å²) < 4.78 is 22.1. The van der Waals surface area contributed by atoms with E-state index in [1.165, 1.54) is 83.5 Å². The zero-order valence-corrected chi connectivity index (χ0v) is 24.6. The number of carbonyl (C=O) groups excluding carboxylic acids is 1. The number of aliphatic hydroxyl groups is 4. The number of esters is 1. The van der Waals surface area contributed by atoms with Crippen molar-refractivity contribution in [1.82, 2.24) is 0 Å². The Morgan fingerprint density at radius 3 is 1.77 bits per heavy atom. The number of ether oxygens (including phenoxy) is 4. The first-order valence-corrected chi connectivity index (χ1v) is 15.6. The molecule has 0 amide bonds. The Kier molecular flexibility index (Phi) is 22.1. The molecule has 0 radical (unpaired) electrons. The summed E-state index contributed by atoms with van der Waals surface area (Å²) in [7, 11) is 0. The second-order valence-corrected chi connectivity index (χ2v) is 10.9. The van der Waals surface area contributed by atoms with Crippen LogP contribution in [0, 0.1) is 0 Å². The zero-order valence-electron chi connectivity index (χ0n) is 24.6. The first-order chi connectivity index (χ1) is 18.9. The van der Waals surface area contributed by atoms with Gasteiger partial charge in [-0.1, -0.05) is 104 Å². The number of aliphatic hydroxyl groups excluding tert-OH is 4. The molecular weight excluding hydrogens is 504 g/mol. The lowest BCUT2D eigenvalue weighted by molar-refractivity contribution is -0.305. The monoisotopic (exact) mass is 562 g/mol. The molecule has 1 aliphatic heterocycles. The predicted molar refractivity (Wildman–Crippen MR) is 150 cm³/mol. The van der Waals surface area contributed by atoms with Gasteiger partial charge in [0, 0.05) is 13.0 Å². The molecular formula is C30H58O9. The lowest BCUT2D eigenvalue weighted by atomic mass is 9.99. The molecule has 0 aromatic rings. The van der Waals surface area contributed by atoms with E-state index in [2.05, 4.69) is 6.92 Å². The van der Waals surface area contributed by atoms with Crippen molar-refractivity contribution in [3.63, 3.8) is 0 Å². The van der Waals surface area contributed by atoms with Crippen LogP contribution in [0.4, 0.5) is 0 Å². The SMILES string of the molecule is CCCCCCCCCCCCCCCCCOCC(COC1OC(CO)C(O)C(O)C1O)OC(=O)CCC. The Morgan fingerprint density at radius 2 is 1.26 bits per heavy atom. The second kappa shape index (κ2) is 23.9. The van der Waals surface area contributed by atoms with Gasteiger partial charge in [0.05, 0.1) is 19.8 Å². The van der Waals surface area contributed by atoms with Gasteiger partial charge in [0.25, 0.3) is 0 Å². The van der Waals surface area contributed by atoms with Crippen molar-refractivity contribution in [2.75, 3.05) is 26.4 Å². The Labute approximate surface area is 236 Å². The first-order valence-electron chi connectivity index (χ1n) is 15.6. The van der Waals surface area contributed by atoms with Crippen LogP contribution in [0.15, 0.2) is 0 Å². The maximum Gasteiger partial charge on any atom is 0.306 e. The third-order valence-electron chi connectivity index (χ3n) is 7.24. The van der Waals surface area contributed by atoms with Crippen LogP contribution in [-0.2, 0) is 23.7 Å². The van der Waals surface area contributed by atoms with Crippen molar-refractivity contribution < 1.29 is 44.2 Å². The topological polar surface area (TPSA) is 135 Å². The fourth-order valence-electron chi connectivity index (χ4n) is 4.76. The highest BCUT2D eigenvalue weighted by Gasteiger charge is 2.44. The summed E-state index contributed by atoms with van der Waals surface area (Å²) in [4.78, 5) is 12.0. The van der Waals surface area contributed by atoms with Crippen molar-refractivity contribution in [1.29, 1.82) is 0 Å². The van der Waals surface area contributed by atoms with Gasteiger partial charge in [-0.15, -0.1) is 0 Å². The van der Waals surface area contributed by atoms with E-state index in [4.69, 9.17) is 18.9 Å². The van der Waals surface area contributed by atoms with E-state index in [1.807, 2.05) is 6.92 Å². The second-order valence-electron chi connectivity index (χ2n) is 10.9. The fourth-order valence-corrected chi connectivity index (χ4v) is 4.76. The Bertz CT molecular complexity index is 575. The van der Waals surface area contributed by atoms with Crippen LogP contribution in [0.1, 0.15) is 123 Å². The molecule has 1 saturated heterocycles. The summed E-state index contributed by atoms with van der Waals surface area (Å²) in [5.41, 5.74) is 0. The molecule has 4 N–H and O–H groups in total.